The molecule has 21 heavy (non-hydrogen) atoms. The monoisotopic (exact) mass is 294 g/mol. The number of para-hydroxylation sites is 1. The van der Waals surface area contributed by atoms with Crippen LogP contribution >= 0.6 is 0 Å². The number of nitrogens with zero attached hydrogens (tertiary/aromatic N) is 2. The quantitative estimate of drug-likeness (QED) is 0.785. The van der Waals surface area contributed by atoms with Crippen LogP contribution in [0.3, 0.4) is 0 Å². The molecule has 1 unspecified atom stereocenters. The highest BCUT2D eigenvalue weighted by Gasteiger charge is 2.18. The van der Waals surface area contributed by atoms with Crippen molar-refractivity contribution in [1.82, 2.24) is 4.90 Å². The number of aliphatic hydroxyl groups excluding tert-OH is 1. The third-order valence-electron chi connectivity index (χ3n) is 3.31. The Labute approximate surface area is 127 Å². The molecule has 1 rings (SSSR count). The molecule has 0 heterocycles. The first-order chi connectivity index (χ1) is 9.99. The van der Waals surface area contributed by atoms with Gasteiger partial charge in [0.1, 0.15) is 0 Å². The van der Waals surface area contributed by atoms with Gasteiger partial charge in [0, 0.05) is 25.9 Å². The van der Waals surface area contributed by atoms with E-state index in [1.165, 1.54) is 0 Å². The fourth-order valence-electron chi connectivity index (χ4n) is 2.33. The summed E-state index contributed by atoms with van der Waals surface area (Å²) in [7, 11) is 3.37. The summed E-state index contributed by atoms with van der Waals surface area (Å²) in [4.78, 5) is 16.0. The van der Waals surface area contributed by atoms with Gasteiger partial charge in [-0.15, -0.1) is 0 Å². The van der Waals surface area contributed by atoms with Crippen molar-refractivity contribution in [2.45, 2.75) is 20.0 Å². The van der Waals surface area contributed by atoms with Gasteiger partial charge < -0.3 is 14.7 Å². The molecule has 0 saturated carbocycles. The van der Waals surface area contributed by atoms with E-state index in [4.69, 9.17) is 4.74 Å². The Balaban J connectivity index is 2.66. The van der Waals surface area contributed by atoms with Crippen molar-refractivity contribution >= 4 is 11.6 Å². The van der Waals surface area contributed by atoms with E-state index in [0.717, 1.165) is 11.3 Å². The number of anilines is 1. The second kappa shape index (κ2) is 8.77. The molecular formula is C16H26N2O3. The highest BCUT2D eigenvalue weighted by Crippen LogP contribution is 2.19. The molecule has 1 aromatic carbocycles. The van der Waals surface area contributed by atoms with Gasteiger partial charge in [-0.3, -0.25) is 9.69 Å². The molecule has 0 saturated heterocycles. The molecule has 0 radical (unpaired) electrons. The lowest BCUT2D eigenvalue weighted by atomic mass is 10.2. The Hall–Kier alpha value is -1.43. The van der Waals surface area contributed by atoms with E-state index in [0.29, 0.717) is 13.1 Å². The molecule has 1 atom stereocenters. The molecule has 5 nitrogen and oxygen atoms in total. The fourth-order valence-corrected chi connectivity index (χ4v) is 2.33. The smallest absolute Gasteiger partial charge is 0.241 e. The standard InChI is InChI=1S/C16H26N2O3/c1-5-18(15-9-7-6-8-13(15)2)16(20)11-17(3)10-14(19)12-21-4/h6-9,14,19H,5,10-12H2,1-4H3. The van der Waals surface area contributed by atoms with Crippen LogP contribution in [0, 0.1) is 6.92 Å². The van der Waals surface area contributed by atoms with Gasteiger partial charge in [-0.2, -0.15) is 0 Å². The van der Waals surface area contributed by atoms with Crippen LogP contribution in [-0.4, -0.2) is 62.4 Å². The minimum atomic E-state index is -0.582. The van der Waals surface area contributed by atoms with Crippen LogP contribution in [0.2, 0.25) is 0 Å². The summed E-state index contributed by atoms with van der Waals surface area (Å²) >= 11 is 0. The summed E-state index contributed by atoms with van der Waals surface area (Å²) in [5.41, 5.74) is 2.02. The van der Waals surface area contributed by atoms with Gasteiger partial charge in [-0.05, 0) is 32.5 Å². The summed E-state index contributed by atoms with van der Waals surface area (Å²) in [6.07, 6.45) is -0.582. The van der Waals surface area contributed by atoms with Crippen LogP contribution in [0.1, 0.15) is 12.5 Å². The summed E-state index contributed by atoms with van der Waals surface area (Å²) < 4.78 is 4.89. The first-order valence-corrected chi connectivity index (χ1v) is 7.21. The predicted octanol–water partition coefficient (Wildman–Crippen LogP) is 1.29. The molecule has 118 valence electrons. The number of rotatable bonds is 8. The van der Waals surface area contributed by atoms with Crippen LogP contribution in [0.15, 0.2) is 24.3 Å². The van der Waals surface area contributed by atoms with Crippen LogP contribution in [0.25, 0.3) is 0 Å². The van der Waals surface area contributed by atoms with E-state index in [9.17, 15) is 9.90 Å². The first kappa shape index (κ1) is 17.6. The minimum absolute atomic E-state index is 0.0268. The molecule has 0 aromatic heterocycles. The Kier molecular flexibility index (Phi) is 7.36. The number of hydrogen-bond donors (Lipinski definition) is 1. The van der Waals surface area contributed by atoms with Gasteiger partial charge in [-0.25, -0.2) is 0 Å². The maximum Gasteiger partial charge on any atom is 0.241 e. The Morgan fingerprint density at radius 1 is 1.38 bits per heavy atom. The van der Waals surface area contributed by atoms with E-state index in [1.807, 2.05) is 50.1 Å². The van der Waals surface area contributed by atoms with Crippen molar-refractivity contribution in [2.75, 3.05) is 45.3 Å². The molecule has 0 spiro atoms. The van der Waals surface area contributed by atoms with Gasteiger partial charge in [0.15, 0.2) is 0 Å². The van der Waals surface area contributed by atoms with Crippen LogP contribution < -0.4 is 4.90 Å². The molecule has 5 heteroatoms. The molecule has 0 aliphatic carbocycles. The summed E-state index contributed by atoms with van der Waals surface area (Å²) in [6.45, 7) is 5.53. The maximum absolute atomic E-state index is 12.4. The maximum atomic E-state index is 12.4. The van der Waals surface area contributed by atoms with E-state index < -0.39 is 6.10 Å². The number of aliphatic hydroxyl groups is 1. The van der Waals surface area contributed by atoms with Gasteiger partial charge in [0.05, 0.1) is 19.3 Å². The number of aryl methyl sites for hydroxylation is 1. The number of amides is 1. The second-order valence-electron chi connectivity index (χ2n) is 5.23. The number of methoxy groups -OCH3 is 1. The van der Waals surface area contributed by atoms with Crippen molar-refractivity contribution in [3.63, 3.8) is 0 Å². The highest BCUT2D eigenvalue weighted by molar-refractivity contribution is 5.95. The fraction of sp³-hybridized carbons (Fsp3) is 0.562. The van der Waals surface area contributed by atoms with Gasteiger partial charge in [0.25, 0.3) is 0 Å². The topological polar surface area (TPSA) is 53.0 Å². The van der Waals surface area contributed by atoms with Crippen molar-refractivity contribution in [2.24, 2.45) is 0 Å². The molecule has 0 fully saturated rings. The lowest BCUT2D eigenvalue weighted by molar-refractivity contribution is -0.119. The van der Waals surface area contributed by atoms with E-state index in [1.54, 1.807) is 12.0 Å². The van der Waals surface area contributed by atoms with Crippen molar-refractivity contribution in [3.8, 4) is 0 Å². The summed E-state index contributed by atoms with van der Waals surface area (Å²) in [5.74, 6) is 0.0268. The number of carbonyl (C=O) groups excluding carboxylic acids is 1. The number of benzene rings is 1. The normalized spacial score (nSPS) is 12.5. The average Bonchev–Trinajstić information content (AvgIpc) is 2.41. The highest BCUT2D eigenvalue weighted by atomic mass is 16.5. The number of hydrogen-bond acceptors (Lipinski definition) is 4. The third-order valence-corrected chi connectivity index (χ3v) is 3.31. The Morgan fingerprint density at radius 2 is 2.05 bits per heavy atom. The molecule has 0 aliphatic heterocycles. The summed E-state index contributed by atoms with van der Waals surface area (Å²) in [6, 6.07) is 7.85. The number of carbonyl (C=O) groups is 1. The molecule has 1 N–H and O–H groups in total. The molecule has 0 bridgehead atoms. The molecule has 1 amide bonds. The van der Waals surface area contributed by atoms with Crippen molar-refractivity contribution < 1.29 is 14.6 Å². The third kappa shape index (κ3) is 5.46. The van der Waals surface area contributed by atoms with Crippen LogP contribution in [-0.2, 0) is 9.53 Å². The predicted molar refractivity (Wildman–Crippen MR) is 84.6 cm³/mol. The minimum Gasteiger partial charge on any atom is -0.389 e. The largest absolute Gasteiger partial charge is 0.389 e. The van der Waals surface area contributed by atoms with Crippen LogP contribution in [0.4, 0.5) is 5.69 Å². The van der Waals surface area contributed by atoms with Crippen LogP contribution in [0.5, 0.6) is 0 Å². The van der Waals surface area contributed by atoms with E-state index in [2.05, 4.69) is 0 Å². The van der Waals surface area contributed by atoms with Gasteiger partial charge in [0.2, 0.25) is 5.91 Å². The Bertz CT molecular complexity index is 451. The Morgan fingerprint density at radius 3 is 2.62 bits per heavy atom. The molecule has 0 aliphatic rings. The zero-order chi connectivity index (χ0) is 15.8. The van der Waals surface area contributed by atoms with Gasteiger partial charge >= 0.3 is 0 Å². The second-order valence-corrected chi connectivity index (χ2v) is 5.23. The van der Waals surface area contributed by atoms with Gasteiger partial charge in [-0.1, -0.05) is 18.2 Å². The van der Waals surface area contributed by atoms with Crippen molar-refractivity contribution in [1.29, 1.82) is 0 Å². The molecular weight excluding hydrogens is 268 g/mol. The molecule has 1 aromatic rings. The lowest BCUT2D eigenvalue weighted by Gasteiger charge is -2.26. The van der Waals surface area contributed by atoms with E-state index in [-0.39, 0.29) is 19.1 Å². The average molecular weight is 294 g/mol. The number of ether oxygens (including phenoxy) is 1. The lowest BCUT2D eigenvalue weighted by Crippen LogP contribution is -2.42. The summed E-state index contributed by atoms with van der Waals surface area (Å²) in [5, 5.41) is 9.70. The zero-order valence-electron chi connectivity index (χ0n) is 13.4. The van der Waals surface area contributed by atoms with E-state index >= 15 is 0 Å². The zero-order valence-corrected chi connectivity index (χ0v) is 13.4. The number of likely N-dealkylation sites (N-methyl/N-ethyl adjacent to an activating group) is 2. The SMILES string of the molecule is CCN(C(=O)CN(C)CC(O)COC)c1ccccc1C. The first-order valence-electron chi connectivity index (χ1n) is 7.21. The van der Waals surface area contributed by atoms with Crippen molar-refractivity contribution in [3.05, 3.63) is 29.8 Å².